The van der Waals surface area contributed by atoms with Gasteiger partial charge < -0.3 is 10.6 Å². The van der Waals surface area contributed by atoms with Crippen molar-refractivity contribution in [1.82, 2.24) is 10.3 Å². The van der Waals surface area contributed by atoms with Crippen molar-refractivity contribution in [3.63, 3.8) is 0 Å². The second-order valence-corrected chi connectivity index (χ2v) is 6.98. The molecular weight excluding hydrogens is 428 g/mol. The molecule has 6 nitrogen and oxygen atoms in total. The fourth-order valence-electron chi connectivity index (χ4n) is 2.67. The molecule has 1 amide bonds. The molecule has 2 aromatic carbocycles. The number of anilines is 1. The van der Waals surface area contributed by atoms with Crippen molar-refractivity contribution in [2.75, 3.05) is 5.32 Å². The fourth-order valence-corrected chi connectivity index (χ4v) is 2.91. The minimum Gasteiger partial charge on any atom is -0.344 e. The highest BCUT2D eigenvalue weighted by atomic mass is 35.5. The molecule has 0 aliphatic heterocycles. The predicted molar refractivity (Wildman–Crippen MR) is 117 cm³/mol. The second-order valence-electron chi connectivity index (χ2n) is 6.11. The Labute approximate surface area is 182 Å². The number of carbonyl (C=O) groups is 1. The molecule has 0 aliphatic rings. The van der Waals surface area contributed by atoms with E-state index in [-0.39, 0.29) is 11.3 Å². The Kier molecular flexibility index (Phi) is 7.11. The first-order valence-corrected chi connectivity index (χ1v) is 9.48. The first-order chi connectivity index (χ1) is 14.5. The maximum atomic E-state index is 14.3. The third-order valence-corrected chi connectivity index (χ3v) is 4.60. The van der Waals surface area contributed by atoms with E-state index in [0.29, 0.717) is 15.7 Å². The highest BCUT2D eigenvalue weighted by Gasteiger charge is 2.20. The number of nitrogens with one attached hydrogen (secondary N) is 3. The Morgan fingerprint density at radius 3 is 2.47 bits per heavy atom. The van der Waals surface area contributed by atoms with Crippen LogP contribution in [-0.4, -0.2) is 23.6 Å². The van der Waals surface area contributed by atoms with Crippen molar-refractivity contribution < 1.29 is 9.18 Å². The van der Waals surface area contributed by atoms with Crippen LogP contribution >= 0.6 is 23.2 Å². The first kappa shape index (κ1) is 21.4. The van der Waals surface area contributed by atoms with E-state index in [0.717, 1.165) is 18.0 Å². The molecule has 1 unspecified atom stereocenters. The zero-order chi connectivity index (χ0) is 21.5. The Morgan fingerprint density at radius 1 is 1.10 bits per heavy atom. The number of aliphatic imine (C=N–C) groups is 1. The van der Waals surface area contributed by atoms with Gasteiger partial charge in [-0.15, -0.1) is 0 Å². The molecule has 0 radical (unpaired) electrons. The fraction of sp³-hybridized carbons (Fsp3) is 0.0476. The summed E-state index contributed by atoms with van der Waals surface area (Å²) in [7, 11) is 0. The van der Waals surface area contributed by atoms with Gasteiger partial charge in [-0.25, -0.2) is 9.38 Å². The van der Waals surface area contributed by atoms with Crippen LogP contribution in [0.2, 0.25) is 10.0 Å². The number of halogens is 3. The largest absolute Gasteiger partial charge is 0.344 e. The van der Waals surface area contributed by atoms with Crippen molar-refractivity contribution in [3.8, 4) is 0 Å². The molecule has 152 valence electrons. The van der Waals surface area contributed by atoms with Crippen LogP contribution in [0.5, 0.6) is 0 Å². The lowest BCUT2D eigenvalue weighted by Crippen LogP contribution is -2.30. The van der Waals surface area contributed by atoms with Gasteiger partial charge in [0, 0.05) is 16.8 Å². The van der Waals surface area contributed by atoms with Gasteiger partial charge in [0.25, 0.3) is 5.91 Å². The van der Waals surface area contributed by atoms with E-state index in [2.05, 4.69) is 20.6 Å². The number of hydrogen-bond donors (Lipinski definition) is 3. The minimum absolute atomic E-state index is 0.130. The van der Waals surface area contributed by atoms with E-state index in [9.17, 15) is 9.18 Å². The molecule has 0 saturated carbocycles. The van der Waals surface area contributed by atoms with Crippen molar-refractivity contribution in [3.05, 3.63) is 93.5 Å². The summed E-state index contributed by atoms with van der Waals surface area (Å²) in [5.41, 5.74) is 1.58. The van der Waals surface area contributed by atoms with E-state index < -0.39 is 17.8 Å². The standard InChI is InChI=1S/C21H16Cl2FN5O/c22-15-4-1-13(2-5-15)20(19-8-6-16(23)10-27-19)29-21(30)14-3-7-18(17(24)9-14)28-12-26-11-25/h1-12,20H,(H,29,30)(H2,25,26,28). The van der Waals surface area contributed by atoms with Crippen molar-refractivity contribution in [1.29, 1.82) is 5.41 Å². The van der Waals surface area contributed by atoms with Crippen LogP contribution in [0.4, 0.5) is 10.1 Å². The number of aromatic nitrogens is 1. The first-order valence-electron chi connectivity index (χ1n) is 8.72. The van der Waals surface area contributed by atoms with Gasteiger partial charge in [-0.1, -0.05) is 35.3 Å². The van der Waals surface area contributed by atoms with Crippen molar-refractivity contribution in [2.45, 2.75) is 6.04 Å². The maximum absolute atomic E-state index is 14.3. The summed E-state index contributed by atoms with van der Waals surface area (Å²) >= 11 is 11.9. The van der Waals surface area contributed by atoms with Crippen LogP contribution in [0, 0.1) is 11.2 Å². The van der Waals surface area contributed by atoms with Crippen molar-refractivity contribution in [2.24, 2.45) is 4.99 Å². The molecule has 0 aliphatic carbocycles. The minimum atomic E-state index is -0.633. The van der Waals surface area contributed by atoms with Crippen molar-refractivity contribution >= 4 is 47.5 Å². The summed E-state index contributed by atoms with van der Waals surface area (Å²) in [5, 5.41) is 13.3. The lowest BCUT2D eigenvalue weighted by molar-refractivity contribution is 0.0942. The van der Waals surface area contributed by atoms with Crippen LogP contribution in [0.3, 0.4) is 0 Å². The Balaban J connectivity index is 1.86. The number of carbonyl (C=O) groups excluding carboxylic acids is 1. The van der Waals surface area contributed by atoms with Gasteiger partial charge in [0.2, 0.25) is 0 Å². The van der Waals surface area contributed by atoms with E-state index in [1.165, 1.54) is 24.7 Å². The van der Waals surface area contributed by atoms with Crippen LogP contribution < -0.4 is 10.6 Å². The van der Waals surface area contributed by atoms with Crippen LogP contribution in [0.25, 0.3) is 0 Å². The quantitative estimate of drug-likeness (QED) is 0.350. The summed E-state index contributed by atoms with van der Waals surface area (Å²) in [6.07, 6.45) is 3.48. The monoisotopic (exact) mass is 443 g/mol. The highest BCUT2D eigenvalue weighted by molar-refractivity contribution is 6.30. The Hall–Kier alpha value is -3.29. The molecule has 0 fully saturated rings. The maximum Gasteiger partial charge on any atom is 0.252 e. The summed E-state index contributed by atoms with van der Waals surface area (Å²) in [6, 6.07) is 13.8. The molecule has 30 heavy (non-hydrogen) atoms. The summed E-state index contributed by atoms with van der Waals surface area (Å²) in [5.74, 6) is -1.11. The molecule has 1 atom stereocenters. The molecule has 0 saturated heterocycles. The molecular formula is C21H16Cl2FN5O. The third-order valence-electron chi connectivity index (χ3n) is 4.13. The highest BCUT2D eigenvalue weighted by Crippen LogP contribution is 2.24. The van der Waals surface area contributed by atoms with Crippen LogP contribution in [0.1, 0.15) is 27.7 Å². The van der Waals surface area contributed by atoms with E-state index >= 15 is 0 Å². The van der Waals surface area contributed by atoms with E-state index in [1.54, 1.807) is 36.4 Å². The van der Waals surface area contributed by atoms with Gasteiger partial charge in [0.1, 0.15) is 12.2 Å². The van der Waals surface area contributed by atoms with Gasteiger partial charge >= 0.3 is 0 Å². The summed E-state index contributed by atoms with van der Waals surface area (Å²) < 4.78 is 14.3. The lowest BCUT2D eigenvalue weighted by Gasteiger charge is -2.19. The topological polar surface area (TPSA) is 90.2 Å². The van der Waals surface area contributed by atoms with Gasteiger partial charge in [0.05, 0.1) is 28.8 Å². The SMILES string of the molecule is N=C/N=C\Nc1ccc(C(=O)NC(c2ccc(Cl)cc2)c2ccc(Cl)cn2)cc1F. The molecule has 3 rings (SSSR count). The zero-order valence-electron chi connectivity index (χ0n) is 15.4. The second kappa shape index (κ2) is 9.96. The molecule has 1 aromatic heterocycles. The average Bonchev–Trinajstić information content (AvgIpc) is 2.74. The van der Waals surface area contributed by atoms with Crippen LogP contribution in [0.15, 0.2) is 65.8 Å². The third kappa shape index (κ3) is 5.40. The number of nitrogens with zero attached hydrogens (tertiary/aromatic N) is 2. The number of rotatable bonds is 7. The van der Waals surface area contributed by atoms with Gasteiger partial charge in [0.15, 0.2) is 0 Å². The Morgan fingerprint density at radius 2 is 1.83 bits per heavy atom. The molecule has 1 heterocycles. The molecule has 0 spiro atoms. The zero-order valence-corrected chi connectivity index (χ0v) is 17.0. The smallest absolute Gasteiger partial charge is 0.252 e. The van der Waals surface area contributed by atoms with E-state index in [4.69, 9.17) is 28.6 Å². The average molecular weight is 444 g/mol. The molecule has 0 bridgehead atoms. The van der Waals surface area contributed by atoms with E-state index in [1.807, 2.05) is 0 Å². The number of hydrogen-bond acceptors (Lipinski definition) is 3. The molecule has 3 aromatic rings. The normalized spacial score (nSPS) is 11.8. The lowest BCUT2D eigenvalue weighted by atomic mass is 10.0. The van der Waals surface area contributed by atoms with Gasteiger partial charge in [-0.3, -0.25) is 15.2 Å². The Bertz CT molecular complexity index is 1030. The van der Waals surface area contributed by atoms with Crippen LogP contribution in [-0.2, 0) is 0 Å². The number of benzene rings is 2. The number of pyridine rings is 1. The number of amides is 1. The summed E-state index contributed by atoms with van der Waals surface area (Å²) in [6.45, 7) is 0. The summed E-state index contributed by atoms with van der Waals surface area (Å²) in [4.78, 5) is 20.6. The molecule has 9 heteroatoms. The van der Waals surface area contributed by atoms with Gasteiger partial charge in [-0.05, 0) is 48.0 Å². The van der Waals surface area contributed by atoms with Gasteiger partial charge in [-0.2, -0.15) is 0 Å². The molecule has 3 N–H and O–H groups in total. The predicted octanol–water partition coefficient (Wildman–Crippen LogP) is 5.09.